The van der Waals surface area contributed by atoms with Crippen molar-refractivity contribution in [2.75, 3.05) is 12.8 Å². The highest BCUT2D eigenvalue weighted by molar-refractivity contribution is 5.91. The summed E-state index contributed by atoms with van der Waals surface area (Å²) in [5, 5.41) is 0. The number of carbonyl (C=O) groups is 1. The Kier molecular flexibility index (Phi) is 3.31. The minimum absolute atomic E-state index is 0.0455. The van der Waals surface area contributed by atoms with E-state index in [-0.39, 0.29) is 17.4 Å². The van der Waals surface area contributed by atoms with Gasteiger partial charge in [-0.1, -0.05) is 0 Å². The molecule has 1 heterocycles. The molecule has 0 aliphatic heterocycles. The molecular weight excluding hydrogens is 210 g/mol. The van der Waals surface area contributed by atoms with Crippen LogP contribution in [-0.2, 0) is 4.74 Å². The van der Waals surface area contributed by atoms with Gasteiger partial charge in [0.05, 0.1) is 13.3 Å². The van der Waals surface area contributed by atoms with E-state index in [2.05, 4.69) is 9.97 Å². The Hall–Kier alpha value is -1.85. The predicted molar refractivity (Wildman–Crippen MR) is 58.2 cm³/mol. The van der Waals surface area contributed by atoms with Gasteiger partial charge in [0.2, 0.25) is 11.8 Å². The Labute approximate surface area is 93.8 Å². The second kappa shape index (κ2) is 4.34. The van der Waals surface area contributed by atoms with Gasteiger partial charge in [0.15, 0.2) is 0 Å². The fourth-order valence-corrected chi connectivity index (χ4v) is 1.01. The Bertz CT molecular complexity index is 399. The molecule has 0 unspecified atom stereocenters. The first kappa shape index (κ1) is 12.2. The van der Waals surface area contributed by atoms with Crippen LogP contribution < -0.4 is 10.5 Å². The zero-order valence-electron chi connectivity index (χ0n) is 9.77. The average molecular weight is 225 g/mol. The van der Waals surface area contributed by atoms with E-state index >= 15 is 0 Å². The molecule has 0 saturated heterocycles. The molecule has 0 saturated carbocycles. The van der Waals surface area contributed by atoms with Crippen molar-refractivity contribution in [3.05, 3.63) is 11.8 Å². The number of rotatable bonds is 2. The number of ether oxygens (including phenoxy) is 2. The number of hydrogen-bond acceptors (Lipinski definition) is 6. The Morgan fingerprint density at radius 2 is 2.06 bits per heavy atom. The summed E-state index contributed by atoms with van der Waals surface area (Å²) in [4.78, 5) is 19.2. The number of nitrogen functional groups attached to an aromatic ring is 1. The zero-order chi connectivity index (χ0) is 12.3. The van der Waals surface area contributed by atoms with E-state index in [1.807, 2.05) is 0 Å². The number of esters is 1. The molecule has 2 N–H and O–H groups in total. The van der Waals surface area contributed by atoms with Gasteiger partial charge in [-0.2, -0.15) is 4.98 Å². The quantitative estimate of drug-likeness (QED) is 0.756. The predicted octanol–water partition coefficient (Wildman–Crippen LogP) is 1.02. The van der Waals surface area contributed by atoms with E-state index in [1.54, 1.807) is 20.8 Å². The lowest BCUT2D eigenvalue weighted by atomic mass is 10.2. The van der Waals surface area contributed by atoms with Crippen LogP contribution in [0.2, 0.25) is 0 Å². The van der Waals surface area contributed by atoms with Crippen molar-refractivity contribution >= 4 is 11.9 Å². The SMILES string of the molecule is COc1nc(N)ncc1C(=O)OC(C)(C)C. The fraction of sp³-hybridized carbons (Fsp3) is 0.500. The number of anilines is 1. The maximum absolute atomic E-state index is 11.7. The molecule has 0 aliphatic carbocycles. The molecule has 0 atom stereocenters. The second-order valence-electron chi connectivity index (χ2n) is 4.15. The average Bonchev–Trinajstić information content (AvgIpc) is 2.14. The topological polar surface area (TPSA) is 87.3 Å². The van der Waals surface area contributed by atoms with Gasteiger partial charge in [0.25, 0.3) is 0 Å². The smallest absolute Gasteiger partial charge is 0.345 e. The number of methoxy groups -OCH3 is 1. The maximum atomic E-state index is 11.7. The number of nitrogens with two attached hydrogens (primary N) is 1. The zero-order valence-corrected chi connectivity index (χ0v) is 9.77. The molecule has 0 spiro atoms. The van der Waals surface area contributed by atoms with E-state index in [9.17, 15) is 4.79 Å². The van der Waals surface area contributed by atoms with Gasteiger partial charge in [-0.3, -0.25) is 0 Å². The number of aromatic nitrogens is 2. The minimum Gasteiger partial charge on any atom is -0.480 e. The fourth-order valence-electron chi connectivity index (χ4n) is 1.01. The summed E-state index contributed by atoms with van der Waals surface area (Å²) >= 11 is 0. The summed E-state index contributed by atoms with van der Waals surface area (Å²) in [5.41, 5.74) is 4.96. The third-order valence-electron chi connectivity index (χ3n) is 1.58. The molecular formula is C10H15N3O3. The standard InChI is InChI=1S/C10H15N3O3/c1-10(2,3)16-8(14)6-5-12-9(11)13-7(6)15-4/h5H,1-4H3,(H2,11,12,13). The first-order valence-corrected chi connectivity index (χ1v) is 4.73. The Balaban J connectivity index is 2.99. The van der Waals surface area contributed by atoms with Gasteiger partial charge >= 0.3 is 5.97 Å². The monoisotopic (exact) mass is 225 g/mol. The normalized spacial score (nSPS) is 11.0. The molecule has 0 aliphatic rings. The maximum Gasteiger partial charge on any atom is 0.345 e. The van der Waals surface area contributed by atoms with Crippen LogP contribution in [0.3, 0.4) is 0 Å². The number of carbonyl (C=O) groups excluding carboxylic acids is 1. The summed E-state index contributed by atoms with van der Waals surface area (Å²) in [6, 6.07) is 0. The van der Waals surface area contributed by atoms with Crippen molar-refractivity contribution in [2.24, 2.45) is 0 Å². The first-order valence-electron chi connectivity index (χ1n) is 4.73. The van der Waals surface area contributed by atoms with E-state index in [4.69, 9.17) is 15.2 Å². The summed E-state index contributed by atoms with van der Waals surface area (Å²) in [6.45, 7) is 5.32. The van der Waals surface area contributed by atoms with E-state index in [0.29, 0.717) is 0 Å². The van der Waals surface area contributed by atoms with Gasteiger partial charge in [0, 0.05) is 0 Å². The lowest BCUT2D eigenvalue weighted by molar-refractivity contribution is 0.00653. The highest BCUT2D eigenvalue weighted by atomic mass is 16.6. The van der Waals surface area contributed by atoms with Crippen LogP contribution in [0.5, 0.6) is 5.88 Å². The van der Waals surface area contributed by atoms with Gasteiger partial charge < -0.3 is 15.2 Å². The molecule has 0 radical (unpaired) electrons. The third-order valence-corrected chi connectivity index (χ3v) is 1.58. The minimum atomic E-state index is -0.580. The second-order valence-corrected chi connectivity index (χ2v) is 4.15. The van der Waals surface area contributed by atoms with Gasteiger partial charge in [-0.25, -0.2) is 9.78 Å². The summed E-state index contributed by atoms with van der Waals surface area (Å²) in [5.74, 6) is -0.379. The summed E-state index contributed by atoms with van der Waals surface area (Å²) < 4.78 is 10.1. The molecule has 0 fully saturated rings. The lowest BCUT2D eigenvalue weighted by Gasteiger charge is -2.19. The van der Waals surface area contributed by atoms with Crippen LogP contribution in [0, 0.1) is 0 Å². The van der Waals surface area contributed by atoms with Crippen molar-refractivity contribution in [1.29, 1.82) is 0 Å². The summed E-state index contributed by atoms with van der Waals surface area (Å²) in [6.07, 6.45) is 1.29. The molecule has 1 aromatic heterocycles. The number of nitrogens with zero attached hydrogens (tertiary/aromatic N) is 2. The summed E-state index contributed by atoms with van der Waals surface area (Å²) in [7, 11) is 1.40. The van der Waals surface area contributed by atoms with E-state index in [1.165, 1.54) is 13.3 Å². The highest BCUT2D eigenvalue weighted by Crippen LogP contribution is 2.19. The van der Waals surface area contributed by atoms with Gasteiger partial charge in [-0.15, -0.1) is 0 Å². The van der Waals surface area contributed by atoms with Crippen molar-refractivity contribution in [1.82, 2.24) is 9.97 Å². The Morgan fingerprint density at radius 1 is 1.44 bits per heavy atom. The molecule has 6 nitrogen and oxygen atoms in total. The van der Waals surface area contributed by atoms with E-state index in [0.717, 1.165) is 0 Å². The number of hydrogen-bond donors (Lipinski definition) is 1. The van der Waals surface area contributed by atoms with Crippen molar-refractivity contribution in [2.45, 2.75) is 26.4 Å². The largest absolute Gasteiger partial charge is 0.480 e. The van der Waals surface area contributed by atoms with Crippen molar-refractivity contribution in [3.8, 4) is 5.88 Å². The van der Waals surface area contributed by atoms with Crippen molar-refractivity contribution in [3.63, 3.8) is 0 Å². The van der Waals surface area contributed by atoms with Crippen LogP contribution in [-0.4, -0.2) is 28.6 Å². The molecule has 16 heavy (non-hydrogen) atoms. The molecule has 1 aromatic rings. The molecule has 6 heteroatoms. The van der Waals surface area contributed by atoms with Crippen LogP contribution in [0.15, 0.2) is 6.20 Å². The first-order chi connectivity index (χ1) is 7.33. The molecule has 0 aromatic carbocycles. The van der Waals surface area contributed by atoms with Crippen LogP contribution in [0.4, 0.5) is 5.95 Å². The van der Waals surface area contributed by atoms with E-state index < -0.39 is 11.6 Å². The van der Waals surface area contributed by atoms with Crippen LogP contribution in [0.25, 0.3) is 0 Å². The van der Waals surface area contributed by atoms with Crippen LogP contribution >= 0.6 is 0 Å². The molecule has 0 amide bonds. The molecule has 88 valence electrons. The lowest BCUT2D eigenvalue weighted by Crippen LogP contribution is -2.24. The van der Waals surface area contributed by atoms with Gasteiger partial charge in [0.1, 0.15) is 11.2 Å². The molecule has 1 rings (SSSR count). The highest BCUT2D eigenvalue weighted by Gasteiger charge is 2.22. The third kappa shape index (κ3) is 3.08. The Morgan fingerprint density at radius 3 is 2.56 bits per heavy atom. The van der Waals surface area contributed by atoms with Crippen molar-refractivity contribution < 1.29 is 14.3 Å². The molecule has 0 bridgehead atoms. The van der Waals surface area contributed by atoms with Gasteiger partial charge in [-0.05, 0) is 20.8 Å². The van der Waals surface area contributed by atoms with Crippen LogP contribution in [0.1, 0.15) is 31.1 Å².